The van der Waals surface area contributed by atoms with Crippen LogP contribution in [0.15, 0.2) is 0 Å². The van der Waals surface area contributed by atoms with Crippen LogP contribution in [0, 0.1) is 13.8 Å². The summed E-state index contributed by atoms with van der Waals surface area (Å²) in [5, 5.41) is 6.54. The molecule has 0 bridgehead atoms. The molecule has 0 aliphatic carbocycles. The van der Waals surface area contributed by atoms with Crippen LogP contribution in [-0.2, 0) is 14.3 Å². The van der Waals surface area contributed by atoms with E-state index in [9.17, 15) is 14.4 Å². The molecular formula is C13H17N3O4. The number of amides is 2. The summed E-state index contributed by atoms with van der Waals surface area (Å²) in [5.41, 5.74) is 1.48. The topological polar surface area (TPSA) is 90.3 Å². The monoisotopic (exact) mass is 279 g/mol. The first-order valence-corrected chi connectivity index (χ1v) is 6.52. The average Bonchev–Trinajstić information content (AvgIpc) is 2.65. The van der Waals surface area contributed by atoms with Crippen LogP contribution in [0.25, 0.3) is 0 Å². The van der Waals surface area contributed by atoms with Crippen molar-refractivity contribution < 1.29 is 19.1 Å². The summed E-state index contributed by atoms with van der Waals surface area (Å²) in [5.74, 6) is -1.11. The van der Waals surface area contributed by atoms with E-state index in [1.54, 1.807) is 20.8 Å². The Morgan fingerprint density at radius 1 is 1.45 bits per heavy atom. The number of nitrogens with zero attached hydrogens (tertiary/aromatic N) is 2. The summed E-state index contributed by atoms with van der Waals surface area (Å²) in [6.07, 6.45) is 0.651. The Labute approximate surface area is 116 Å². The third-order valence-electron chi connectivity index (χ3n) is 3.31. The lowest BCUT2D eigenvalue weighted by Crippen LogP contribution is -2.42. The number of carbonyl (C=O) groups excluding carboxylic acids is 3. The van der Waals surface area contributed by atoms with Gasteiger partial charge in [-0.15, -0.1) is 0 Å². The van der Waals surface area contributed by atoms with Crippen molar-refractivity contribution >= 4 is 17.8 Å². The third kappa shape index (κ3) is 2.43. The van der Waals surface area contributed by atoms with Gasteiger partial charge in [-0.3, -0.25) is 19.6 Å². The van der Waals surface area contributed by atoms with Crippen molar-refractivity contribution in [2.75, 3.05) is 6.61 Å². The zero-order valence-corrected chi connectivity index (χ0v) is 11.7. The van der Waals surface area contributed by atoms with Gasteiger partial charge in [-0.2, -0.15) is 5.10 Å². The van der Waals surface area contributed by atoms with E-state index in [0.717, 1.165) is 0 Å². The first-order valence-electron chi connectivity index (χ1n) is 6.52. The van der Waals surface area contributed by atoms with Crippen LogP contribution < -0.4 is 5.32 Å². The number of carbonyl (C=O) groups is 3. The number of aryl methyl sites for hydroxylation is 1. The molecule has 20 heavy (non-hydrogen) atoms. The molecule has 1 aromatic heterocycles. The number of piperidine rings is 1. The van der Waals surface area contributed by atoms with E-state index < -0.39 is 12.0 Å². The Hall–Kier alpha value is -2.18. The molecule has 1 aromatic rings. The molecule has 1 saturated heterocycles. The number of hydrogen-bond donors (Lipinski definition) is 1. The van der Waals surface area contributed by atoms with Crippen molar-refractivity contribution in [2.24, 2.45) is 0 Å². The van der Waals surface area contributed by atoms with Crippen molar-refractivity contribution in [1.82, 2.24) is 15.1 Å². The van der Waals surface area contributed by atoms with Gasteiger partial charge in [0.25, 0.3) is 5.91 Å². The van der Waals surface area contributed by atoms with E-state index in [4.69, 9.17) is 4.74 Å². The minimum absolute atomic E-state index is 0.267. The van der Waals surface area contributed by atoms with E-state index >= 15 is 0 Å². The molecule has 1 N–H and O–H groups in total. The molecule has 1 aliphatic heterocycles. The molecule has 1 unspecified atom stereocenters. The van der Waals surface area contributed by atoms with Gasteiger partial charge in [0.05, 0.1) is 18.0 Å². The molecule has 7 nitrogen and oxygen atoms in total. The standard InChI is InChI=1S/C13H17N3O4/c1-4-20-13(19)11-7(2)15-16(8(11)3)9-5-6-10(17)14-12(9)18/h9H,4-6H2,1-3H3,(H,14,17,18). The Morgan fingerprint density at radius 2 is 2.15 bits per heavy atom. The second-order valence-corrected chi connectivity index (χ2v) is 4.68. The number of rotatable bonds is 3. The first-order chi connectivity index (χ1) is 9.45. The van der Waals surface area contributed by atoms with Gasteiger partial charge in [0.15, 0.2) is 0 Å². The number of ether oxygens (including phenoxy) is 1. The second-order valence-electron chi connectivity index (χ2n) is 4.68. The highest BCUT2D eigenvalue weighted by molar-refractivity contribution is 5.99. The fourth-order valence-electron chi connectivity index (χ4n) is 2.38. The Morgan fingerprint density at radius 3 is 2.75 bits per heavy atom. The highest BCUT2D eigenvalue weighted by Crippen LogP contribution is 2.23. The Bertz CT molecular complexity index is 576. The van der Waals surface area contributed by atoms with E-state index in [0.29, 0.717) is 23.4 Å². The molecule has 2 rings (SSSR count). The highest BCUT2D eigenvalue weighted by Gasteiger charge is 2.32. The normalized spacial score (nSPS) is 18.9. The predicted octanol–water partition coefficient (Wildman–Crippen LogP) is 0.654. The average molecular weight is 279 g/mol. The molecule has 7 heteroatoms. The molecule has 1 fully saturated rings. The zero-order chi connectivity index (χ0) is 14.9. The zero-order valence-electron chi connectivity index (χ0n) is 11.7. The van der Waals surface area contributed by atoms with Crippen LogP contribution in [0.4, 0.5) is 0 Å². The van der Waals surface area contributed by atoms with Gasteiger partial charge < -0.3 is 4.74 Å². The molecule has 0 spiro atoms. The molecular weight excluding hydrogens is 262 g/mol. The Balaban J connectivity index is 2.34. The van der Waals surface area contributed by atoms with Gasteiger partial charge >= 0.3 is 5.97 Å². The second kappa shape index (κ2) is 5.44. The molecule has 0 aromatic carbocycles. The summed E-state index contributed by atoms with van der Waals surface area (Å²) in [7, 11) is 0. The number of esters is 1. The lowest BCUT2D eigenvalue weighted by Gasteiger charge is -2.22. The SMILES string of the molecule is CCOC(=O)c1c(C)nn(C2CCC(=O)NC2=O)c1C. The van der Waals surface area contributed by atoms with Crippen LogP contribution in [0.5, 0.6) is 0 Å². The first kappa shape index (κ1) is 14.2. The fourth-order valence-corrected chi connectivity index (χ4v) is 2.38. The maximum Gasteiger partial charge on any atom is 0.341 e. The van der Waals surface area contributed by atoms with Gasteiger partial charge in [-0.25, -0.2) is 4.79 Å². The molecule has 0 radical (unpaired) electrons. The lowest BCUT2D eigenvalue weighted by atomic mass is 10.1. The lowest BCUT2D eigenvalue weighted by molar-refractivity contribution is -0.136. The summed E-state index contributed by atoms with van der Waals surface area (Å²) >= 11 is 0. The van der Waals surface area contributed by atoms with E-state index in [-0.39, 0.29) is 24.8 Å². The Kier molecular flexibility index (Phi) is 3.87. The predicted molar refractivity (Wildman–Crippen MR) is 69.1 cm³/mol. The van der Waals surface area contributed by atoms with Crippen molar-refractivity contribution in [1.29, 1.82) is 0 Å². The summed E-state index contributed by atoms with van der Waals surface area (Å²) < 4.78 is 6.49. The van der Waals surface area contributed by atoms with Gasteiger partial charge in [-0.1, -0.05) is 0 Å². The molecule has 2 heterocycles. The van der Waals surface area contributed by atoms with Crippen molar-refractivity contribution in [3.8, 4) is 0 Å². The van der Waals surface area contributed by atoms with Gasteiger partial charge in [0.1, 0.15) is 11.6 Å². The quantitative estimate of drug-likeness (QED) is 0.648. The molecule has 1 atom stereocenters. The summed E-state index contributed by atoms with van der Waals surface area (Å²) in [6.45, 7) is 5.42. The van der Waals surface area contributed by atoms with Gasteiger partial charge in [0, 0.05) is 6.42 Å². The molecule has 0 saturated carbocycles. The van der Waals surface area contributed by atoms with E-state index in [1.165, 1.54) is 4.68 Å². The van der Waals surface area contributed by atoms with Crippen LogP contribution in [0.1, 0.15) is 47.6 Å². The number of aromatic nitrogens is 2. The number of hydrogen-bond acceptors (Lipinski definition) is 5. The van der Waals surface area contributed by atoms with Crippen molar-refractivity contribution in [2.45, 2.75) is 39.7 Å². The number of nitrogens with one attached hydrogen (secondary N) is 1. The van der Waals surface area contributed by atoms with Crippen LogP contribution in [0.3, 0.4) is 0 Å². The summed E-state index contributed by atoms with van der Waals surface area (Å²) in [6, 6.07) is -0.561. The van der Waals surface area contributed by atoms with Crippen LogP contribution in [-0.4, -0.2) is 34.2 Å². The van der Waals surface area contributed by atoms with Gasteiger partial charge in [-0.05, 0) is 27.2 Å². The fraction of sp³-hybridized carbons (Fsp3) is 0.538. The molecule has 2 amide bonds. The maximum absolute atomic E-state index is 11.9. The van der Waals surface area contributed by atoms with Gasteiger partial charge in [0.2, 0.25) is 5.91 Å². The minimum atomic E-state index is -0.561. The third-order valence-corrected chi connectivity index (χ3v) is 3.31. The van der Waals surface area contributed by atoms with E-state index in [1.807, 2.05) is 0 Å². The summed E-state index contributed by atoms with van der Waals surface area (Å²) in [4.78, 5) is 34.9. The van der Waals surface area contributed by atoms with Crippen molar-refractivity contribution in [3.63, 3.8) is 0 Å². The molecule has 1 aliphatic rings. The van der Waals surface area contributed by atoms with Crippen molar-refractivity contribution in [3.05, 3.63) is 17.0 Å². The largest absolute Gasteiger partial charge is 0.462 e. The molecule has 108 valence electrons. The van der Waals surface area contributed by atoms with E-state index in [2.05, 4.69) is 10.4 Å². The smallest absolute Gasteiger partial charge is 0.341 e. The van der Waals surface area contributed by atoms with Crippen LogP contribution in [0.2, 0.25) is 0 Å². The van der Waals surface area contributed by atoms with Crippen LogP contribution >= 0.6 is 0 Å². The number of imide groups is 1. The minimum Gasteiger partial charge on any atom is -0.462 e. The maximum atomic E-state index is 11.9. The highest BCUT2D eigenvalue weighted by atomic mass is 16.5.